The second-order valence-electron chi connectivity index (χ2n) is 3.94. The Kier molecular flexibility index (Phi) is 3.90. The normalized spacial score (nSPS) is 9.74. The van der Waals surface area contributed by atoms with Gasteiger partial charge in [-0.05, 0) is 29.3 Å². The molecule has 0 saturated heterocycles. The van der Waals surface area contributed by atoms with Gasteiger partial charge in [-0.25, -0.2) is 4.39 Å². The summed E-state index contributed by atoms with van der Waals surface area (Å²) in [5.74, 6) is -0.818. The highest BCUT2D eigenvalue weighted by molar-refractivity contribution is 6.01. The summed E-state index contributed by atoms with van der Waals surface area (Å²) in [6.07, 6.45) is 0.137. The first kappa shape index (κ1) is 12.8. The second kappa shape index (κ2) is 5.80. The Labute approximate surface area is 109 Å². The van der Waals surface area contributed by atoms with Crippen LogP contribution in [0.4, 0.5) is 10.1 Å². The molecule has 94 valence electrons. The van der Waals surface area contributed by atoms with E-state index < -0.39 is 5.82 Å². The van der Waals surface area contributed by atoms with Gasteiger partial charge >= 0.3 is 0 Å². The second-order valence-corrected chi connectivity index (χ2v) is 3.94. The molecule has 2 aromatic carbocycles. The monoisotopic (exact) mass is 255 g/mol. The van der Waals surface area contributed by atoms with E-state index in [0.29, 0.717) is 0 Å². The molecule has 0 N–H and O–H groups in total. The number of carbonyl (C=O) groups is 1. The number of benzene rings is 2. The van der Waals surface area contributed by atoms with Crippen LogP contribution >= 0.6 is 0 Å². The first-order valence-corrected chi connectivity index (χ1v) is 5.62. The summed E-state index contributed by atoms with van der Waals surface area (Å²) in [6, 6.07) is 12.7. The zero-order chi connectivity index (χ0) is 13.7. The third kappa shape index (κ3) is 3.18. The van der Waals surface area contributed by atoms with Crippen LogP contribution in [0.25, 0.3) is 10.4 Å². The Bertz CT molecular complexity index is 649. The maximum absolute atomic E-state index is 13.2. The summed E-state index contributed by atoms with van der Waals surface area (Å²) >= 11 is 0. The number of nitrogens with zero attached hydrogens (tertiary/aromatic N) is 3. The molecular weight excluding hydrogens is 245 g/mol. The molecule has 0 heterocycles. The highest BCUT2D eigenvalue weighted by atomic mass is 19.1. The average molecular weight is 255 g/mol. The molecule has 0 spiro atoms. The Balaban J connectivity index is 2.33. The van der Waals surface area contributed by atoms with E-state index in [4.69, 9.17) is 5.53 Å². The van der Waals surface area contributed by atoms with Crippen molar-refractivity contribution in [2.45, 2.75) is 6.42 Å². The number of carbonyl (C=O) groups excluding carboxylic acids is 1. The van der Waals surface area contributed by atoms with E-state index >= 15 is 0 Å². The minimum absolute atomic E-state index is 0.0988. The standard InChI is InChI=1S/C14H10FN3O/c15-11-6-7-13(17-18-16)12(9-11)14(19)8-10-4-2-1-3-5-10/h1-7,9H,8H2. The number of rotatable bonds is 4. The Morgan fingerprint density at radius 2 is 1.95 bits per heavy atom. The third-order valence-corrected chi connectivity index (χ3v) is 2.62. The van der Waals surface area contributed by atoms with Crippen LogP contribution in [0.5, 0.6) is 0 Å². The number of Topliss-reactive ketones (excluding diaryl/α,β-unsaturated/α-hetero) is 1. The van der Waals surface area contributed by atoms with Gasteiger partial charge in [-0.2, -0.15) is 0 Å². The van der Waals surface area contributed by atoms with Gasteiger partial charge in [0.25, 0.3) is 0 Å². The molecule has 0 aromatic heterocycles. The molecule has 0 amide bonds. The molecule has 5 heteroatoms. The van der Waals surface area contributed by atoms with E-state index in [1.165, 1.54) is 6.07 Å². The van der Waals surface area contributed by atoms with Gasteiger partial charge in [-0.1, -0.05) is 35.4 Å². The SMILES string of the molecule is [N-]=[N+]=Nc1ccc(F)cc1C(=O)Cc1ccccc1. The summed E-state index contributed by atoms with van der Waals surface area (Å²) < 4.78 is 13.2. The molecule has 0 radical (unpaired) electrons. The summed E-state index contributed by atoms with van der Waals surface area (Å²) in [4.78, 5) is 14.7. The molecule has 2 aromatic rings. The van der Waals surface area contributed by atoms with Crippen LogP contribution < -0.4 is 0 Å². The van der Waals surface area contributed by atoms with E-state index in [1.807, 2.05) is 30.3 Å². The Hall–Kier alpha value is -2.65. The number of halogens is 1. The van der Waals surface area contributed by atoms with Crippen LogP contribution in [0.1, 0.15) is 15.9 Å². The number of hydrogen-bond donors (Lipinski definition) is 0. The van der Waals surface area contributed by atoms with E-state index in [2.05, 4.69) is 10.0 Å². The first-order valence-electron chi connectivity index (χ1n) is 5.62. The lowest BCUT2D eigenvalue weighted by Crippen LogP contribution is -2.04. The van der Waals surface area contributed by atoms with Crippen LogP contribution in [0.2, 0.25) is 0 Å². The topological polar surface area (TPSA) is 65.8 Å². The molecular formula is C14H10FN3O. The molecule has 0 unspecified atom stereocenters. The zero-order valence-electron chi connectivity index (χ0n) is 9.95. The van der Waals surface area contributed by atoms with Crippen molar-refractivity contribution in [2.24, 2.45) is 5.11 Å². The van der Waals surface area contributed by atoms with Crippen LogP contribution in [0.15, 0.2) is 53.6 Å². The van der Waals surface area contributed by atoms with Crippen molar-refractivity contribution in [3.05, 3.63) is 75.9 Å². The lowest BCUT2D eigenvalue weighted by Gasteiger charge is -2.05. The average Bonchev–Trinajstić information content (AvgIpc) is 2.42. The fourth-order valence-electron chi connectivity index (χ4n) is 1.74. The number of hydrogen-bond acceptors (Lipinski definition) is 2. The molecule has 0 aliphatic heterocycles. The minimum Gasteiger partial charge on any atom is -0.294 e. The van der Waals surface area contributed by atoms with Gasteiger partial charge in [0.2, 0.25) is 0 Å². The van der Waals surface area contributed by atoms with Crippen molar-refractivity contribution in [1.82, 2.24) is 0 Å². The van der Waals surface area contributed by atoms with Gasteiger partial charge in [0.05, 0.1) is 0 Å². The van der Waals surface area contributed by atoms with Crippen LogP contribution in [-0.4, -0.2) is 5.78 Å². The Morgan fingerprint density at radius 3 is 2.63 bits per heavy atom. The predicted molar refractivity (Wildman–Crippen MR) is 69.7 cm³/mol. The van der Waals surface area contributed by atoms with E-state index in [-0.39, 0.29) is 23.5 Å². The summed E-state index contributed by atoms with van der Waals surface area (Å²) in [7, 11) is 0. The van der Waals surface area contributed by atoms with Gasteiger partial charge in [-0.3, -0.25) is 4.79 Å². The lowest BCUT2D eigenvalue weighted by atomic mass is 10.0. The van der Waals surface area contributed by atoms with Gasteiger partial charge in [0.1, 0.15) is 5.82 Å². The van der Waals surface area contributed by atoms with Gasteiger partial charge in [0, 0.05) is 22.6 Å². The molecule has 0 aliphatic carbocycles. The van der Waals surface area contributed by atoms with Gasteiger partial charge in [-0.15, -0.1) is 0 Å². The van der Waals surface area contributed by atoms with Crippen molar-refractivity contribution < 1.29 is 9.18 Å². The molecule has 0 fully saturated rings. The predicted octanol–water partition coefficient (Wildman–Crippen LogP) is 4.19. The van der Waals surface area contributed by atoms with E-state index in [9.17, 15) is 9.18 Å². The minimum atomic E-state index is -0.534. The molecule has 19 heavy (non-hydrogen) atoms. The summed E-state index contributed by atoms with van der Waals surface area (Å²) in [6.45, 7) is 0. The van der Waals surface area contributed by atoms with Crippen LogP contribution in [0.3, 0.4) is 0 Å². The number of azide groups is 1. The van der Waals surface area contributed by atoms with Crippen molar-refractivity contribution in [3.63, 3.8) is 0 Å². The third-order valence-electron chi connectivity index (χ3n) is 2.62. The lowest BCUT2D eigenvalue weighted by molar-refractivity contribution is 0.0993. The highest BCUT2D eigenvalue weighted by Crippen LogP contribution is 2.22. The smallest absolute Gasteiger partial charge is 0.167 e. The maximum Gasteiger partial charge on any atom is 0.167 e. The summed E-state index contributed by atoms with van der Waals surface area (Å²) in [5.41, 5.74) is 9.50. The molecule has 0 atom stereocenters. The fraction of sp³-hybridized carbons (Fsp3) is 0.0714. The van der Waals surface area contributed by atoms with Crippen molar-refractivity contribution in [1.29, 1.82) is 0 Å². The molecule has 0 saturated carbocycles. The summed E-state index contributed by atoms with van der Waals surface area (Å²) in [5, 5.41) is 3.40. The zero-order valence-corrected chi connectivity index (χ0v) is 9.95. The van der Waals surface area contributed by atoms with Crippen molar-refractivity contribution in [3.8, 4) is 0 Å². The molecule has 2 rings (SSSR count). The van der Waals surface area contributed by atoms with Crippen LogP contribution in [0, 0.1) is 5.82 Å². The molecule has 0 bridgehead atoms. The van der Waals surface area contributed by atoms with E-state index in [0.717, 1.165) is 17.7 Å². The van der Waals surface area contributed by atoms with Crippen molar-refractivity contribution >= 4 is 11.5 Å². The quantitative estimate of drug-likeness (QED) is 0.349. The first-order chi connectivity index (χ1) is 9.20. The van der Waals surface area contributed by atoms with Crippen molar-refractivity contribution in [2.75, 3.05) is 0 Å². The maximum atomic E-state index is 13.2. The molecule has 4 nitrogen and oxygen atoms in total. The van der Waals surface area contributed by atoms with Crippen LogP contribution in [-0.2, 0) is 6.42 Å². The molecule has 0 aliphatic rings. The fourth-order valence-corrected chi connectivity index (χ4v) is 1.74. The van der Waals surface area contributed by atoms with Gasteiger partial charge < -0.3 is 0 Å². The van der Waals surface area contributed by atoms with Gasteiger partial charge in [0.15, 0.2) is 5.78 Å². The highest BCUT2D eigenvalue weighted by Gasteiger charge is 2.12. The largest absolute Gasteiger partial charge is 0.294 e. The Morgan fingerprint density at radius 1 is 1.21 bits per heavy atom. The number of ketones is 1. The van der Waals surface area contributed by atoms with E-state index in [1.54, 1.807) is 0 Å².